The van der Waals surface area contributed by atoms with Gasteiger partial charge in [0.05, 0.1) is 16.8 Å². The van der Waals surface area contributed by atoms with Crippen molar-refractivity contribution in [1.29, 1.82) is 0 Å². The van der Waals surface area contributed by atoms with Crippen molar-refractivity contribution in [3.05, 3.63) is 197 Å². The van der Waals surface area contributed by atoms with Crippen LogP contribution in [0.5, 0.6) is 5.75 Å². The van der Waals surface area contributed by atoms with E-state index in [-0.39, 0.29) is 0 Å². The van der Waals surface area contributed by atoms with Gasteiger partial charge in [-0.3, -0.25) is 0 Å². The number of benzene rings is 6. The molecule has 278 valence electrons. The van der Waals surface area contributed by atoms with Crippen LogP contribution < -0.4 is 4.74 Å². The Labute approximate surface area is 337 Å². The lowest BCUT2D eigenvalue weighted by atomic mass is 9.64. The first-order valence-electron chi connectivity index (χ1n) is 20.6. The normalized spacial score (nSPS) is 17.6. The minimum absolute atomic E-state index is 0.451. The highest BCUT2D eigenvalue weighted by Crippen LogP contribution is 2.62. The van der Waals surface area contributed by atoms with Crippen molar-refractivity contribution in [3.8, 4) is 39.4 Å². The first-order chi connectivity index (χ1) is 28.6. The predicted octanol–water partition coefficient (Wildman–Crippen LogP) is 13.8. The number of aromatic nitrogens is 2. The summed E-state index contributed by atoms with van der Waals surface area (Å²) < 4.78 is 13.1. The van der Waals surface area contributed by atoms with Gasteiger partial charge in [-0.25, -0.2) is 9.97 Å². The highest BCUT2D eigenvalue weighted by Gasteiger charge is 2.52. The van der Waals surface area contributed by atoms with E-state index in [0.717, 1.165) is 93.9 Å². The molecule has 0 N–H and O–H groups in total. The first-order valence-corrected chi connectivity index (χ1v) is 20.6. The van der Waals surface area contributed by atoms with Gasteiger partial charge in [0.15, 0.2) is 5.82 Å². The van der Waals surface area contributed by atoms with Gasteiger partial charge >= 0.3 is 0 Å². The number of para-hydroxylation sites is 2. The fourth-order valence-electron chi connectivity index (χ4n) is 10.1. The van der Waals surface area contributed by atoms with Gasteiger partial charge < -0.3 is 9.15 Å². The van der Waals surface area contributed by atoms with E-state index in [2.05, 4.69) is 153 Å². The van der Waals surface area contributed by atoms with E-state index < -0.39 is 5.41 Å². The SMILES string of the molecule is CC1CC=C(c2nc(-c3ccc(C4=CC5=C(CC4)Oc4ccccc4C54c5ccccc5-c5ccccc54)cc3)cc(-c3ccc4c(c3)oc3ccccc34)n2)CC1. The van der Waals surface area contributed by atoms with Crippen LogP contribution in [0.1, 0.15) is 67.1 Å². The Morgan fingerprint density at radius 2 is 1.22 bits per heavy atom. The van der Waals surface area contributed by atoms with Gasteiger partial charge in [0.25, 0.3) is 0 Å². The average Bonchev–Trinajstić information content (AvgIpc) is 3.80. The molecule has 1 atom stereocenters. The molecule has 4 heteroatoms. The maximum atomic E-state index is 6.78. The molecule has 8 aromatic rings. The smallest absolute Gasteiger partial charge is 0.156 e. The number of rotatable bonds is 4. The van der Waals surface area contributed by atoms with Crippen molar-refractivity contribution < 1.29 is 9.15 Å². The van der Waals surface area contributed by atoms with Crippen LogP contribution in [0.15, 0.2) is 173 Å². The second kappa shape index (κ2) is 12.9. The molecule has 3 aliphatic carbocycles. The lowest BCUT2D eigenvalue weighted by Gasteiger charge is -2.42. The van der Waals surface area contributed by atoms with Gasteiger partial charge in [0.2, 0.25) is 0 Å². The lowest BCUT2D eigenvalue weighted by Crippen LogP contribution is -2.35. The zero-order valence-electron chi connectivity index (χ0n) is 32.3. The Kier molecular flexibility index (Phi) is 7.41. The van der Waals surface area contributed by atoms with Gasteiger partial charge in [0.1, 0.15) is 22.7 Å². The minimum atomic E-state index is -0.451. The van der Waals surface area contributed by atoms with Crippen LogP contribution >= 0.6 is 0 Å². The Bertz CT molecular complexity index is 3040. The fourth-order valence-corrected chi connectivity index (χ4v) is 10.1. The quantitative estimate of drug-likeness (QED) is 0.180. The lowest BCUT2D eigenvalue weighted by molar-refractivity contribution is 0.365. The molecule has 0 amide bonds. The van der Waals surface area contributed by atoms with E-state index in [1.165, 1.54) is 50.1 Å². The van der Waals surface area contributed by atoms with E-state index >= 15 is 0 Å². The molecule has 1 unspecified atom stereocenters. The number of fused-ring (bicyclic) bond motifs is 11. The van der Waals surface area contributed by atoms with Gasteiger partial charge in [0, 0.05) is 39.5 Å². The predicted molar refractivity (Wildman–Crippen MR) is 234 cm³/mol. The Hall–Kier alpha value is -6.78. The van der Waals surface area contributed by atoms with Crippen molar-refractivity contribution in [2.75, 3.05) is 0 Å². The molecule has 0 bridgehead atoms. The third-order valence-corrected chi connectivity index (χ3v) is 13.0. The van der Waals surface area contributed by atoms with Gasteiger partial charge in [-0.05, 0) is 101 Å². The van der Waals surface area contributed by atoms with Crippen LogP contribution in [-0.2, 0) is 5.41 Å². The van der Waals surface area contributed by atoms with Crippen molar-refractivity contribution in [2.24, 2.45) is 5.92 Å². The van der Waals surface area contributed by atoms with E-state index in [0.29, 0.717) is 5.92 Å². The number of furan rings is 1. The molecular weight excluding hydrogens is 709 g/mol. The van der Waals surface area contributed by atoms with E-state index in [4.69, 9.17) is 19.1 Å². The molecule has 6 aromatic carbocycles. The molecule has 4 aliphatic rings. The summed E-state index contributed by atoms with van der Waals surface area (Å²) in [6.45, 7) is 2.32. The van der Waals surface area contributed by atoms with Crippen molar-refractivity contribution in [2.45, 2.75) is 44.4 Å². The summed E-state index contributed by atoms with van der Waals surface area (Å²) >= 11 is 0. The molecule has 2 aromatic heterocycles. The number of hydrogen-bond acceptors (Lipinski definition) is 4. The number of ether oxygens (including phenoxy) is 1. The molecule has 3 heterocycles. The number of nitrogens with zero attached hydrogens (tertiary/aromatic N) is 2. The summed E-state index contributed by atoms with van der Waals surface area (Å²) in [6, 6.07) is 52.4. The van der Waals surface area contributed by atoms with Crippen molar-refractivity contribution in [1.82, 2.24) is 9.97 Å². The molecular formula is C54H40N2O2. The van der Waals surface area contributed by atoms with Crippen LogP contribution in [-0.4, -0.2) is 9.97 Å². The molecule has 1 spiro atoms. The molecule has 12 rings (SSSR count). The topological polar surface area (TPSA) is 48.2 Å². The van der Waals surface area contributed by atoms with Gasteiger partial charge in [-0.2, -0.15) is 0 Å². The zero-order chi connectivity index (χ0) is 38.4. The third kappa shape index (κ3) is 5.00. The molecule has 0 fully saturated rings. The maximum absolute atomic E-state index is 6.78. The molecule has 1 aliphatic heterocycles. The monoisotopic (exact) mass is 748 g/mol. The average molecular weight is 749 g/mol. The third-order valence-electron chi connectivity index (χ3n) is 13.0. The molecule has 0 saturated heterocycles. The summed E-state index contributed by atoms with van der Waals surface area (Å²) in [5.74, 6) is 3.52. The van der Waals surface area contributed by atoms with Gasteiger partial charge in [-0.15, -0.1) is 0 Å². The molecule has 0 radical (unpaired) electrons. The van der Waals surface area contributed by atoms with Crippen LogP contribution in [0.2, 0.25) is 0 Å². The van der Waals surface area contributed by atoms with Crippen LogP contribution in [0, 0.1) is 5.92 Å². The van der Waals surface area contributed by atoms with Crippen LogP contribution in [0.3, 0.4) is 0 Å². The number of hydrogen-bond donors (Lipinski definition) is 0. The Morgan fingerprint density at radius 3 is 2.00 bits per heavy atom. The maximum Gasteiger partial charge on any atom is 0.156 e. The largest absolute Gasteiger partial charge is 0.461 e. The van der Waals surface area contributed by atoms with E-state index in [1.807, 2.05) is 12.1 Å². The molecule has 4 nitrogen and oxygen atoms in total. The van der Waals surface area contributed by atoms with E-state index in [1.54, 1.807) is 0 Å². The van der Waals surface area contributed by atoms with Crippen molar-refractivity contribution >= 4 is 33.1 Å². The zero-order valence-corrected chi connectivity index (χ0v) is 32.3. The highest BCUT2D eigenvalue weighted by atomic mass is 16.5. The second-order valence-corrected chi connectivity index (χ2v) is 16.4. The van der Waals surface area contributed by atoms with E-state index in [9.17, 15) is 0 Å². The summed E-state index contributed by atoms with van der Waals surface area (Å²) in [6.07, 6.45) is 9.72. The highest BCUT2D eigenvalue weighted by molar-refractivity contribution is 6.05. The summed E-state index contributed by atoms with van der Waals surface area (Å²) in [5.41, 5.74) is 16.7. The first kappa shape index (κ1) is 33.4. The molecule has 58 heavy (non-hydrogen) atoms. The Morgan fingerprint density at radius 1 is 0.569 bits per heavy atom. The summed E-state index contributed by atoms with van der Waals surface area (Å²) in [7, 11) is 0. The number of allylic oxidation sites excluding steroid dienone is 6. The second-order valence-electron chi connectivity index (χ2n) is 16.4. The van der Waals surface area contributed by atoms with Crippen molar-refractivity contribution in [3.63, 3.8) is 0 Å². The Balaban J connectivity index is 0.956. The molecule has 0 saturated carbocycles. The fraction of sp³-hybridized carbons (Fsp3) is 0.148. The summed E-state index contributed by atoms with van der Waals surface area (Å²) in [5, 5.41) is 2.24. The van der Waals surface area contributed by atoms with Crippen LogP contribution in [0.25, 0.3) is 66.7 Å². The van der Waals surface area contributed by atoms with Crippen LogP contribution in [0.4, 0.5) is 0 Å². The summed E-state index contributed by atoms with van der Waals surface area (Å²) in [4.78, 5) is 10.4. The standard InChI is InChI=1S/C54H40N2O2/c1-33-18-20-36(21-19-33)53-55-47(32-48(56-53)38-26-28-42-41-12-4-8-16-49(41)57-52(42)31-38)35-24-22-34(23-25-35)37-27-29-51-46(30-37)54(45-15-7-9-17-50(45)58-51)43-13-5-2-10-39(43)40-11-3-6-14-44(40)54/h2-17,20,22-26,28,30-33H,18-19,21,27,29H2,1H3. The van der Waals surface area contributed by atoms with Gasteiger partial charge in [-0.1, -0.05) is 134 Å². The minimum Gasteiger partial charge on any atom is -0.461 e.